The molecule has 6 rings (SSSR count). The highest BCUT2D eigenvalue weighted by molar-refractivity contribution is 6.18. The van der Waals surface area contributed by atoms with E-state index < -0.39 is 0 Å². The molecule has 2 fully saturated rings. The van der Waals surface area contributed by atoms with Crippen LogP contribution in [0, 0.1) is 5.82 Å². The van der Waals surface area contributed by atoms with Crippen molar-refractivity contribution in [1.82, 2.24) is 24.8 Å². The fourth-order valence-corrected chi connectivity index (χ4v) is 5.26. The molecule has 214 valence electrons. The number of aromatic nitrogens is 3. The largest absolute Gasteiger partial charge is 0.379 e. The van der Waals surface area contributed by atoms with Gasteiger partial charge in [0.15, 0.2) is 5.78 Å². The van der Waals surface area contributed by atoms with Crippen molar-refractivity contribution in [2.75, 3.05) is 88.2 Å². The van der Waals surface area contributed by atoms with Crippen LogP contribution in [0.15, 0.2) is 54.7 Å². The minimum absolute atomic E-state index is 0.226. The number of morpholine rings is 1. The maximum atomic E-state index is 13.5. The van der Waals surface area contributed by atoms with Crippen LogP contribution in [0.1, 0.15) is 15.9 Å². The number of nitrogens with one attached hydrogen (secondary N) is 3. The molecule has 2 aromatic heterocycles. The lowest BCUT2D eigenvalue weighted by atomic mass is 10.0. The van der Waals surface area contributed by atoms with Crippen LogP contribution < -0.4 is 15.5 Å². The smallest absolute Gasteiger partial charge is 0.231 e. The summed E-state index contributed by atoms with van der Waals surface area (Å²) in [5, 5.41) is 7.38. The Morgan fingerprint density at radius 2 is 1.71 bits per heavy atom. The maximum Gasteiger partial charge on any atom is 0.231 e. The fourth-order valence-electron chi connectivity index (χ4n) is 5.26. The SMILES string of the molecule is CN1CCN(c2ccc(Nc3nc(NCCN4CCOCC4)c4c(C(=O)c5ccc(F)cc5)c[nH]c4n3)cc2)CC1. The molecule has 2 aliphatic heterocycles. The highest BCUT2D eigenvalue weighted by Crippen LogP contribution is 2.29. The lowest BCUT2D eigenvalue weighted by Crippen LogP contribution is -2.44. The number of ketones is 1. The van der Waals surface area contributed by atoms with Gasteiger partial charge in [-0.2, -0.15) is 9.97 Å². The molecule has 2 saturated heterocycles. The number of rotatable bonds is 9. The predicted octanol–water partition coefficient (Wildman–Crippen LogP) is 3.57. The summed E-state index contributed by atoms with van der Waals surface area (Å²) in [7, 11) is 2.15. The van der Waals surface area contributed by atoms with Gasteiger partial charge in [-0.25, -0.2) is 4.39 Å². The van der Waals surface area contributed by atoms with Crippen LogP contribution in [0.25, 0.3) is 11.0 Å². The molecule has 0 spiro atoms. The molecule has 4 aromatic rings. The van der Waals surface area contributed by atoms with Gasteiger partial charge in [0.05, 0.1) is 24.2 Å². The minimum atomic E-state index is -0.387. The quantitative estimate of drug-likeness (QED) is 0.266. The zero-order chi connectivity index (χ0) is 28.2. The third-order valence-corrected chi connectivity index (χ3v) is 7.70. The van der Waals surface area contributed by atoms with Gasteiger partial charge >= 0.3 is 0 Å². The Morgan fingerprint density at radius 1 is 0.976 bits per heavy atom. The maximum absolute atomic E-state index is 13.5. The highest BCUT2D eigenvalue weighted by Gasteiger charge is 2.21. The zero-order valence-corrected chi connectivity index (χ0v) is 23.2. The summed E-state index contributed by atoms with van der Waals surface area (Å²) in [6.07, 6.45) is 1.65. The molecular weight excluding hydrogens is 523 g/mol. The van der Waals surface area contributed by atoms with E-state index in [-0.39, 0.29) is 11.6 Å². The summed E-state index contributed by atoms with van der Waals surface area (Å²) in [5.41, 5.74) is 3.43. The van der Waals surface area contributed by atoms with Crippen molar-refractivity contribution < 1.29 is 13.9 Å². The average Bonchev–Trinajstić information content (AvgIpc) is 3.43. The van der Waals surface area contributed by atoms with E-state index >= 15 is 0 Å². The van der Waals surface area contributed by atoms with E-state index in [0.717, 1.165) is 64.7 Å². The van der Waals surface area contributed by atoms with Crippen molar-refractivity contribution in [3.05, 3.63) is 71.7 Å². The van der Waals surface area contributed by atoms with Crippen molar-refractivity contribution in [3.63, 3.8) is 0 Å². The number of nitrogens with zero attached hydrogens (tertiary/aromatic N) is 5. The highest BCUT2D eigenvalue weighted by atomic mass is 19.1. The first-order valence-corrected chi connectivity index (χ1v) is 14.1. The van der Waals surface area contributed by atoms with Gasteiger partial charge in [0, 0.05) is 75.5 Å². The summed E-state index contributed by atoms with van der Waals surface area (Å²) in [4.78, 5) is 33.1. The van der Waals surface area contributed by atoms with Gasteiger partial charge < -0.3 is 30.2 Å². The lowest BCUT2D eigenvalue weighted by molar-refractivity contribution is 0.0398. The summed E-state index contributed by atoms with van der Waals surface area (Å²) in [5.74, 6) is 0.366. The molecule has 0 radical (unpaired) electrons. The Hall–Kier alpha value is -4.06. The number of hydrogen-bond donors (Lipinski definition) is 3. The van der Waals surface area contributed by atoms with Crippen LogP contribution in [0.2, 0.25) is 0 Å². The number of fused-ring (bicyclic) bond motifs is 1. The first-order chi connectivity index (χ1) is 20.0. The number of ether oxygens (including phenoxy) is 1. The standard InChI is InChI=1S/C30H35FN8O2/c1-37-12-14-39(15-13-37)24-8-6-23(7-9-24)34-30-35-28(32-10-11-38-16-18-41-19-17-38)26-25(20-33-29(26)36-30)27(40)21-2-4-22(31)5-3-21/h2-9,20H,10-19H2,1H3,(H3,32,33,34,35,36). The molecule has 10 nitrogen and oxygen atoms in total. The van der Waals surface area contributed by atoms with E-state index in [1.165, 1.54) is 30.0 Å². The lowest BCUT2D eigenvalue weighted by Gasteiger charge is -2.34. The zero-order valence-electron chi connectivity index (χ0n) is 23.2. The molecule has 41 heavy (non-hydrogen) atoms. The summed E-state index contributed by atoms with van der Waals surface area (Å²) >= 11 is 0. The van der Waals surface area contributed by atoms with Crippen molar-refractivity contribution >= 4 is 40.0 Å². The van der Waals surface area contributed by atoms with E-state index in [9.17, 15) is 9.18 Å². The van der Waals surface area contributed by atoms with Crippen LogP contribution in [0.3, 0.4) is 0 Å². The van der Waals surface area contributed by atoms with Gasteiger partial charge in [-0.05, 0) is 55.6 Å². The summed E-state index contributed by atoms with van der Waals surface area (Å²) in [6.45, 7) is 8.81. The number of aromatic amines is 1. The summed E-state index contributed by atoms with van der Waals surface area (Å²) < 4.78 is 18.9. The second-order valence-electron chi connectivity index (χ2n) is 10.5. The molecule has 0 atom stereocenters. The molecule has 0 bridgehead atoms. The first-order valence-electron chi connectivity index (χ1n) is 14.1. The second-order valence-corrected chi connectivity index (χ2v) is 10.5. The van der Waals surface area contributed by atoms with E-state index in [0.29, 0.717) is 40.5 Å². The Morgan fingerprint density at radius 3 is 2.44 bits per heavy atom. The van der Waals surface area contributed by atoms with E-state index in [4.69, 9.17) is 9.72 Å². The summed E-state index contributed by atoms with van der Waals surface area (Å²) in [6, 6.07) is 13.9. The van der Waals surface area contributed by atoms with Gasteiger partial charge in [-0.3, -0.25) is 9.69 Å². The molecule has 0 saturated carbocycles. The van der Waals surface area contributed by atoms with E-state index in [1.54, 1.807) is 6.20 Å². The number of H-pyrrole nitrogens is 1. The van der Waals surface area contributed by atoms with Gasteiger partial charge in [0.1, 0.15) is 17.3 Å². The number of likely N-dealkylation sites (N-methyl/N-ethyl adjacent to an activating group) is 1. The Kier molecular flexibility index (Phi) is 8.08. The Balaban J connectivity index is 1.25. The van der Waals surface area contributed by atoms with Crippen LogP contribution in [-0.2, 0) is 4.74 Å². The molecular formula is C30H35FN8O2. The third kappa shape index (κ3) is 6.32. The molecule has 11 heteroatoms. The van der Waals surface area contributed by atoms with Crippen LogP contribution >= 0.6 is 0 Å². The van der Waals surface area contributed by atoms with Crippen molar-refractivity contribution in [1.29, 1.82) is 0 Å². The van der Waals surface area contributed by atoms with Gasteiger partial charge in [0.25, 0.3) is 0 Å². The monoisotopic (exact) mass is 558 g/mol. The van der Waals surface area contributed by atoms with Crippen LogP contribution in [0.4, 0.5) is 27.5 Å². The molecule has 2 aromatic carbocycles. The third-order valence-electron chi connectivity index (χ3n) is 7.70. The van der Waals surface area contributed by atoms with E-state index in [2.05, 4.69) is 54.5 Å². The first kappa shape index (κ1) is 27.1. The van der Waals surface area contributed by atoms with Gasteiger partial charge in [0.2, 0.25) is 5.95 Å². The number of carbonyl (C=O) groups excluding carboxylic acids is 1. The molecule has 2 aliphatic rings. The van der Waals surface area contributed by atoms with Crippen molar-refractivity contribution in [2.24, 2.45) is 0 Å². The van der Waals surface area contributed by atoms with Gasteiger partial charge in [-0.15, -0.1) is 0 Å². The van der Waals surface area contributed by atoms with Crippen molar-refractivity contribution in [2.45, 2.75) is 0 Å². The molecule has 0 aliphatic carbocycles. The number of hydrogen-bond acceptors (Lipinski definition) is 9. The Bertz CT molecular complexity index is 1480. The van der Waals surface area contributed by atoms with Crippen molar-refractivity contribution in [3.8, 4) is 0 Å². The number of benzene rings is 2. The molecule has 4 heterocycles. The number of halogens is 1. The fraction of sp³-hybridized carbons (Fsp3) is 0.367. The van der Waals surface area contributed by atoms with Crippen LogP contribution in [-0.4, -0.2) is 103 Å². The molecule has 3 N–H and O–H groups in total. The number of anilines is 4. The van der Waals surface area contributed by atoms with E-state index in [1.807, 2.05) is 12.1 Å². The number of carbonyl (C=O) groups is 1. The molecule has 0 amide bonds. The average molecular weight is 559 g/mol. The topological polar surface area (TPSA) is 102 Å². The normalized spacial score (nSPS) is 16.7. The van der Waals surface area contributed by atoms with Gasteiger partial charge in [-0.1, -0.05) is 0 Å². The molecule has 0 unspecified atom stereocenters. The Labute approximate surface area is 238 Å². The second kappa shape index (κ2) is 12.2. The minimum Gasteiger partial charge on any atom is -0.379 e. The number of piperazine rings is 1. The predicted molar refractivity (Wildman–Crippen MR) is 159 cm³/mol. The van der Waals surface area contributed by atoms with Crippen LogP contribution in [0.5, 0.6) is 0 Å².